The summed E-state index contributed by atoms with van der Waals surface area (Å²) in [6.07, 6.45) is 3.83. The van der Waals surface area contributed by atoms with Crippen LogP contribution in [0.2, 0.25) is 0 Å². The van der Waals surface area contributed by atoms with Crippen LogP contribution in [-0.2, 0) is 16.0 Å². The van der Waals surface area contributed by atoms with Gasteiger partial charge in [0.15, 0.2) is 0 Å². The number of amides is 1. The van der Waals surface area contributed by atoms with Crippen LogP contribution in [0.25, 0.3) is 5.69 Å². The van der Waals surface area contributed by atoms with Gasteiger partial charge in [0.2, 0.25) is 11.1 Å². The van der Waals surface area contributed by atoms with Gasteiger partial charge in [-0.1, -0.05) is 37.2 Å². The number of aryl methyl sites for hydroxylation is 1. The van der Waals surface area contributed by atoms with Crippen molar-refractivity contribution in [3.63, 3.8) is 0 Å². The Morgan fingerprint density at radius 1 is 1.06 bits per heavy atom. The molecule has 0 radical (unpaired) electrons. The lowest BCUT2D eigenvalue weighted by Crippen LogP contribution is -2.45. The molecule has 0 saturated carbocycles. The third-order valence-electron chi connectivity index (χ3n) is 5.71. The van der Waals surface area contributed by atoms with Crippen LogP contribution in [0.1, 0.15) is 39.2 Å². The second-order valence-corrected chi connectivity index (χ2v) is 9.63. The summed E-state index contributed by atoms with van der Waals surface area (Å²) < 4.78 is 7.48. The average Bonchev–Trinajstić information content (AvgIpc) is 3.30. The second-order valence-electron chi connectivity index (χ2n) is 8.69. The Balaban J connectivity index is 1.30. The van der Waals surface area contributed by atoms with Gasteiger partial charge >= 0.3 is 0 Å². The molecule has 0 aliphatic carbocycles. The van der Waals surface area contributed by atoms with Crippen LogP contribution < -0.4 is 10.2 Å². The number of anilines is 2. The van der Waals surface area contributed by atoms with Crippen molar-refractivity contribution < 1.29 is 9.53 Å². The van der Waals surface area contributed by atoms with Crippen molar-refractivity contribution in [3.8, 4) is 5.69 Å². The lowest BCUT2D eigenvalue weighted by molar-refractivity contribution is -0.113. The number of rotatable bonds is 9. The van der Waals surface area contributed by atoms with E-state index in [-0.39, 0.29) is 23.9 Å². The molecule has 0 bridgehead atoms. The quantitative estimate of drug-likeness (QED) is 0.456. The van der Waals surface area contributed by atoms with Gasteiger partial charge in [0, 0.05) is 24.5 Å². The van der Waals surface area contributed by atoms with Crippen molar-refractivity contribution in [2.45, 2.75) is 57.4 Å². The van der Waals surface area contributed by atoms with E-state index in [1.807, 2.05) is 36.4 Å². The molecular weight excluding hydrogens is 448 g/mol. The Morgan fingerprint density at radius 2 is 1.74 bits per heavy atom. The van der Waals surface area contributed by atoms with Gasteiger partial charge in [0.05, 0.1) is 23.6 Å². The molecule has 2 atom stereocenters. The highest BCUT2D eigenvalue weighted by Crippen LogP contribution is 2.23. The van der Waals surface area contributed by atoms with Crippen LogP contribution in [0.3, 0.4) is 0 Å². The minimum atomic E-state index is -0.101. The Kier molecular flexibility index (Phi) is 8.18. The van der Waals surface area contributed by atoms with E-state index < -0.39 is 0 Å². The van der Waals surface area contributed by atoms with Gasteiger partial charge in [-0.3, -0.25) is 4.79 Å². The largest absolute Gasteiger partial charge is 0.372 e. The van der Waals surface area contributed by atoms with Gasteiger partial charge in [-0.05, 0) is 79.1 Å². The lowest BCUT2D eigenvalue weighted by atomic mass is 10.1. The highest BCUT2D eigenvalue weighted by molar-refractivity contribution is 7.99. The summed E-state index contributed by atoms with van der Waals surface area (Å²) in [4.78, 5) is 14.9. The Morgan fingerprint density at radius 3 is 2.41 bits per heavy atom. The number of hydrogen-bond acceptors (Lipinski definition) is 7. The average molecular weight is 481 g/mol. The van der Waals surface area contributed by atoms with Crippen LogP contribution >= 0.6 is 11.8 Å². The molecule has 1 fully saturated rings. The van der Waals surface area contributed by atoms with Crippen LogP contribution in [0, 0.1) is 0 Å². The van der Waals surface area contributed by atoms with E-state index in [2.05, 4.69) is 58.6 Å². The fourth-order valence-corrected chi connectivity index (χ4v) is 4.78. The number of thioether (sulfide) groups is 1. The number of aromatic nitrogens is 4. The first-order valence-electron chi connectivity index (χ1n) is 11.8. The van der Waals surface area contributed by atoms with Crippen molar-refractivity contribution in [2.24, 2.45) is 0 Å². The number of nitrogens with one attached hydrogen (secondary N) is 1. The molecule has 34 heavy (non-hydrogen) atoms. The number of morpholine rings is 1. The number of carbonyl (C=O) groups excluding carboxylic acids is 1. The summed E-state index contributed by atoms with van der Waals surface area (Å²) in [7, 11) is 0. The molecule has 8 nitrogen and oxygen atoms in total. The maximum atomic E-state index is 12.5. The molecule has 1 saturated heterocycles. The van der Waals surface area contributed by atoms with Crippen LogP contribution in [0.4, 0.5) is 11.4 Å². The fraction of sp³-hybridized carbons (Fsp3) is 0.440. The zero-order chi connectivity index (χ0) is 23.9. The number of unbranched alkanes of at least 4 members (excludes halogenated alkanes) is 1. The summed E-state index contributed by atoms with van der Waals surface area (Å²) in [6, 6.07) is 16.2. The smallest absolute Gasteiger partial charge is 0.234 e. The first-order valence-corrected chi connectivity index (χ1v) is 12.8. The first kappa shape index (κ1) is 24.2. The third-order valence-corrected chi connectivity index (χ3v) is 6.63. The summed E-state index contributed by atoms with van der Waals surface area (Å²) in [5, 5.41) is 15.5. The number of hydrogen-bond donors (Lipinski definition) is 1. The molecule has 2 heterocycles. The summed E-state index contributed by atoms with van der Waals surface area (Å²) in [5.74, 6) is 0.116. The van der Waals surface area contributed by atoms with Crippen LogP contribution in [0.5, 0.6) is 0 Å². The van der Waals surface area contributed by atoms with E-state index in [0.717, 1.165) is 36.6 Å². The maximum Gasteiger partial charge on any atom is 0.234 e. The zero-order valence-corrected chi connectivity index (χ0v) is 20.8. The fourth-order valence-electron chi connectivity index (χ4n) is 4.09. The number of ether oxygens (including phenoxy) is 1. The highest BCUT2D eigenvalue weighted by Gasteiger charge is 2.22. The Hall–Kier alpha value is -2.91. The minimum Gasteiger partial charge on any atom is -0.372 e. The van der Waals surface area contributed by atoms with Gasteiger partial charge in [0.1, 0.15) is 0 Å². The molecule has 4 rings (SSSR count). The van der Waals surface area contributed by atoms with Crippen molar-refractivity contribution in [1.82, 2.24) is 20.2 Å². The molecule has 2 unspecified atom stereocenters. The van der Waals surface area contributed by atoms with E-state index in [4.69, 9.17) is 4.74 Å². The van der Waals surface area contributed by atoms with Crippen LogP contribution in [-0.4, -0.2) is 57.2 Å². The topological polar surface area (TPSA) is 85.2 Å². The van der Waals surface area contributed by atoms with Crippen molar-refractivity contribution >= 4 is 29.0 Å². The minimum absolute atomic E-state index is 0.101. The zero-order valence-electron chi connectivity index (χ0n) is 20.0. The van der Waals surface area contributed by atoms with Crippen LogP contribution in [0.15, 0.2) is 53.7 Å². The van der Waals surface area contributed by atoms with Crippen molar-refractivity contribution in [2.75, 3.05) is 29.1 Å². The standard InChI is InChI=1S/C25H32N6O2S/c1-4-5-6-20-7-11-23(12-8-20)31-25(27-28-29-31)34-17-24(32)26-21-9-13-22(14-10-21)30-15-18(2)33-19(3)16-30/h7-14,18-19H,4-6,15-17H2,1-3H3,(H,26,32). The predicted molar refractivity (Wildman–Crippen MR) is 136 cm³/mol. The normalized spacial score (nSPS) is 18.1. The molecular formula is C25H32N6O2S. The van der Waals surface area contributed by atoms with E-state index >= 15 is 0 Å². The summed E-state index contributed by atoms with van der Waals surface area (Å²) in [5.41, 5.74) is 4.09. The van der Waals surface area contributed by atoms with E-state index in [1.54, 1.807) is 4.68 Å². The molecule has 1 aromatic heterocycles. The molecule has 1 amide bonds. The first-order chi connectivity index (χ1) is 16.5. The number of benzene rings is 2. The number of nitrogens with zero attached hydrogens (tertiary/aromatic N) is 5. The maximum absolute atomic E-state index is 12.5. The second kappa shape index (κ2) is 11.5. The number of tetrazole rings is 1. The monoisotopic (exact) mass is 480 g/mol. The third kappa shape index (κ3) is 6.36. The summed E-state index contributed by atoms with van der Waals surface area (Å²) in [6.45, 7) is 8.10. The van der Waals surface area contributed by atoms with Crippen molar-refractivity contribution in [1.29, 1.82) is 0 Å². The molecule has 1 aliphatic heterocycles. The number of carbonyl (C=O) groups is 1. The molecule has 9 heteroatoms. The van der Waals surface area contributed by atoms with Gasteiger partial charge < -0.3 is 15.0 Å². The van der Waals surface area contributed by atoms with E-state index in [9.17, 15) is 4.79 Å². The SMILES string of the molecule is CCCCc1ccc(-n2nnnc2SCC(=O)Nc2ccc(N3CC(C)OC(C)C3)cc2)cc1. The van der Waals surface area contributed by atoms with E-state index in [1.165, 1.54) is 30.2 Å². The molecule has 1 aliphatic rings. The van der Waals surface area contributed by atoms with Gasteiger partial charge in [-0.15, -0.1) is 5.10 Å². The van der Waals surface area contributed by atoms with Crippen molar-refractivity contribution in [3.05, 3.63) is 54.1 Å². The van der Waals surface area contributed by atoms with Gasteiger partial charge in [0.25, 0.3) is 0 Å². The lowest BCUT2D eigenvalue weighted by Gasteiger charge is -2.36. The summed E-state index contributed by atoms with van der Waals surface area (Å²) >= 11 is 1.31. The predicted octanol–water partition coefficient (Wildman–Crippen LogP) is 4.35. The van der Waals surface area contributed by atoms with Gasteiger partial charge in [-0.25, -0.2) is 0 Å². The molecule has 2 aromatic carbocycles. The molecule has 0 spiro atoms. The van der Waals surface area contributed by atoms with Gasteiger partial charge in [-0.2, -0.15) is 4.68 Å². The Labute approximate surface area is 205 Å². The molecule has 180 valence electrons. The highest BCUT2D eigenvalue weighted by atomic mass is 32.2. The molecule has 1 N–H and O–H groups in total. The van der Waals surface area contributed by atoms with E-state index in [0.29, 0.717) is 5.16 Å². The Bertz CT molecular complexity index is 1060. The molecule has 3 aromatic rings.